The van der Waals surface area contributed by atoms with Crippen LogP contribution in [0.25, 0.3) is 0 Å². The number of hydrogen-bond acceptors (Lipinski definition) is 5. The molecule has 0 fully saturated rings. The largest absolute Gasteiger partial charge is 0.496 e. The van der Waals surface area contributed by atoms with Gasteiger partial charge in [-0.25, -0.2) is 4.79 Å². The Morgan fingerprint density at radius 1 is 1.07 bits per heavy atom. The van der Waals surface area contributed by atoms with E-state index in [4.69, 9.17) is 9.47 Å². The van der Waals surface area contributed by atoms with Gasteiger partial charge in [0.05, 0.1) is 7.11 Å². The molecule has 0 aliphatic carbocycles. The van der Waals surface area contributed by atoms with E-state index in [0.717, 1.165) is 5.56 Å². The molecule has 0 aliphatic rings. The summed E-state index contributed by atoms with van der Waals surface area (Å²) in [6, 6.07) is 11.3. The Kier molecular flexibility index (Phi) is 7.53. The molecule has 0 heterocycles. The van der Waals surface area contributed by atoms with Crippen LogP contribution in [-0.4, -0.2) is 30.8 Å². The van der Waals surface area contributed by atoms with Gasteiger partial charge in [-0.3, -0.25) is 9.59 Å². The number of carbonyl (C=O) groups is 3. The lowest BCUT2D eigenvalue weighted by molar-refractivity contribution is -0.148. The first-order chi connectivity index (χ1) is 13.7. The third-order valence-electron chi connectivity index (χ3n) is 4.65. The smallest absolute Gasteiger partial charge is 0.329 e. The van der Waals surface area contributed by atoms with Crippen molar-refractivity contribution in [3.05, 3.63) is 64.7 Å². The van der Waals surface area contributed by atoms with E-state index in [1.807, 2.05) is 32.9 Å². The van der Waals surface area contributed by atoms with Gasteiger partial charge in [0, 0.05) is 16.7 Å². The standard InChI is InChI=1S/C23H27NO5/c1-14(2)21(24-22(26)19-9-7-6-8-15(19)3)23(27)29-13-18-12-17(16(4)25)10-11-20(18)28-5/h6-12,14,21H,13H2,1-5H3,(H,24,26)/t21-/m0/s1. The normalized spacial score (nSPS) is 11.7. The summed E-state index contributed by atoms with van der Waals surface area (Å²) in [5, 5.41) is 2.77. The van der Waals surface area contributed by atoms with Crippen LogP contribution in [0.4, 0.5) is 0 Å². The van der Waals surface area contributed by atoms with E-state index in [0.29, 0.717) is 22.4 Å². The molecule has 6 heteroatoms. The van der Waals surface area contributed by atoms with Gasteiger partial charge in [0.2, 0.25) is 0 Å². The molecule has 1 amide bonds. The van der Waals surface area contributed by atoms with Gasteiger partial charge in [0.1, 0.15) is 18.4 Å². The lowest BCUT2D eigenvalue weighted by Gasteiger charge is -2.21. The van der Waals surface area contributed by atoms with Gasteiger partial charge in [-0.15, -0.1) is 0 Å². The molecule has 1 N–H and O–H groups in total. The van der Waals surface area contributed by atoms with Crippen molar-refractivity contribution in [2.24, 2.45) is 5.92 Å². The Hall–Kier alpha value is -3.15. The molecular formula is C23H27NO5. The number of benzene rings is 2. The number of carbonyl (C=O) groups excluding carboxylic acids is 3. The van der Waals surface area contributed by atoms with Crippen LogP contribution in [-0.2, 0) is 16.1 Å². The van der Waals surface area contributed by atoms with Crippen LogP contribution in [0.5, 0.6) is 5.75 Å². The Labute approximate surface area is 171 Å². The molecule has 2 aromatic rings. The third-order valence-corrected chi connectivity index (χ3v) is 4.65. The second kappa shape index (κ2) is 9.87. The maximum absolute atomic E-state index is 12.7. The van der Waals surface area contributed by atoms with Crippen molar-refractivity contribution in [2.75, 3.05) is 7.11 Å². The number of esters is 1. The first kappa shape index (κ1) is 22.1. The van der Waals surface area contributed by atoms with Crippen LogP contribution in [0.1, 0.15) is 52.6 Å². The summed E-state index contributed by atoms with van der Waals surface area (Å²) < 4.78 is 10.7. The van der Waals surface area contributed by atoms with Crippen molar-refractivity contribution in [3.63, 3.8) is 0 Å². The van der Waals surface area contributed by atoms with E-state index in [1.165, 1.54) is 14.0 Å². The van der Waals surface area contributed by atoms with Crippen molar-refractivity contribution in [2.45, 2.75) is 40.3 Å². The van der Waals surface area contributed by atoms with Crippen molar-refractivity contribution in [3.8, 4) is 5.75 Å². The topological polar surface area (TPSA) is 81.7 Å². The second-order valence-electron chi connectivity index (χ2n) is 7.20. The van der Waals surface area contributed by atoms with Gasteiger partial charge in [-0.2, -0.15) is 0 Å². The molecule has 1 atom stereocenters. The van der Waals surface area contributed by atoms with Gasteiger partial charge in [0.25, 0.3) is 5.91 Å². The van der Waals surface area contributed by atoms with Crippen LogP contribution in [0.15, 0.2) is 42.5 Å². The maximum Gasteiger partial charge on any atom is 0.329 e. The van der Waals surface area contributed by atoms with E-state index in [1.54, 1.807) is 30.3 Å². The molecule has 2 rings (SSSR count). The summed E-state index contributed by atoms with van der Waals surface area (Å²) in [7, 11) is 1.51. The number of rotatable bonds is 8. The van der Waals surface area contributed by atoms with Crippen LogP contribution >= 0.6 is 0 Å². The van der Waals surface area contributed by atoms with E-state index in [9.17, 15) is 14.4 Å². The minimum absolute atomic E-state index is 0.0629. The Morgan fingerprint density at radius 3 is 2.34 bits per heavy atom. The van der Waals surface area contributed by atoms with Crippen molar-refractivity contribution in [1.82, 2.24) is 5.32 Å². The molecule has 0 radical (unpaired) electrons. The van der Waals surface area contributed by atoms with Gasteiger partial charge in [-0.1, -0.05) is 32.0 Å². The highest BCUT2D eigenvalue weighted by atomic mass is 16.5. The number of methoxy groups -OCH3 is 1. The van der Waals surface area contributed by atoms with Gasteiger partial charge < -0.3 is 14.8 Å². The monoisotopic (exact) mass is 397 g/mol. The highest BCUT2D eigenvalue weighted by molar-refractivity contribution is 5.98. The fraction of sp³-hybridized carbons (Fsp3) is 0.348. The summed E-state index contributed by atoms with van der Waals surface area (Å²) in [5.74, 6) is -0.605. The molecule has 0 saturated carbocycles. The predicted octanol–water partition coefficient (Wildman–Crippen LogP) is 3.70. The highest BCUT2D eigenvalue weighted by Gasteiger charge is 2.27. The predicted molar refractivity (Wildman–Crippen MR) is 110 cm³/mol. The highest BCUT2D eigenvalue weighted by Crippen LogP contribution is 2.22. The fourth-order valence-electron chi connectivity index (χ4n) is 2.89. The number of nitrogens with one attached hydrogen (secondary N) is 1. The molecule has 154 valence electrons. The first-order valence-electron chi connectivity index (χ1n) is 9.45. The van der Waals surface area contributed by atoms with Gasteiger partial charge in [-0.05, 0) is 49.6 Å². The minimum Gasteiger partial charge on any atom is -0.496 e. The quantitative estimate of drug-likeness (QED) is 0.542. The van der Waals surface area contributed by atoms with Crippen LogP contribution in [0.2, 0.25) is 0 Å². The summed E-state index contributed by atoms with van der Waals surface area (Å²) in [6.07, 6.45) is 0. The second-order valence-corrected chi connectivity index (χ2v) is 7.20. The van der Waals surface area contributed by atoms with Crippen molar-refractivity contribution >= 4 is 17.7 Å². The van der Waals surface area contributed by atoms with E-state index >= 15 is 0 Å². The minimum atomic E-state index is -0.802. The van der Waals surface area contributed by atoms with Crippen LogP contribution in [0, 0.1) is 12.8 Å². The molecule has 0 spiro atoms. The van der Waals surface area contributed by atoms with E-state index in [-0.39, 0.29) is 24.2 Å². The lowest BCUT2D eigenvalue weighted by Crippen LogP contribution is -2.45. The van der Waals surface area contributed by atoms with E-state index < -0.39 is 12.0 Å². The average molecular weight is 397 g/mol. The Morgan fingerprint density at radius 2 is 1.76 bits per heavy atom. The molecule has 2 aromatic carbocycles. The third kappa shape index (κ3) is 5.67. The molecule has 6 nitrogen and oxygen atoms in total. The van der Waals surface area contributed by atoms with Crippen LogP contribution < -0.4 is 10.1 Å². The summed E-state index contributed by atoms with van der Waals surface area (Å²) in [5.41, 5.74) is 2.43. The number of Topliss-reactive ketones (excluding diaryl/α,β-unsaturated/α-hetero) is 1. The van der Waals surface area contributed by atoms with Gasteiger partial charge >= 0.3 is 5.97 Å². The SMILES string of the molecule is COc1ccc(C(C)=O)cc1COC(=O)[C@@H](NC(=O)c1ccccc1C)C(C)C. The van der Waals surface area contributed by atoms with Gasteiger partial charge in [0.15, 0.2) is 5.78 Å². The number of ketones is 1. The summed E-state index contributed by atoms with van der Waals surface area (Å²) in [6.45, 7) is 6.91. The number of aryl methyl sites for hydroxylation is 1. The lowest BCUT2D eigenvalue weighted by atomic mass is 10.0. The Bertz CT molecular complexity index is 904. The van der Waals surface area contributed by atoms with Crippen molar-refractivity contribution < 1.29 is 23.9 Å². The first-order valence-corrected chi connectivity index (χ1v) is 9.45. The zero-order valence-electron chi connectivity index (χ0n) is 17.4. The summed E-state index contributed by atoms with van der Waals surface area (Å²) >= 11 is 0. The molecule has 29 heavy (non-hydrogen) atoms. The molecule has 0 unspecified atom stereocenters. The number of hydrogen-bond donors (Lipinski definition) is 1. The van der Waals surface area contributed by atoms with Crippen molar-refractivity contribution in [1.29, 1.82) is 0 Å². The average Bonchev–Trinajstić information content (AvgIpc) is 2.69. The molecule has 0 aromatic heterocycles. The molecule has 0 bridgehead atoms. The zero-order chi connectivity index (χ0) is 21.6. The zero-order valence-corrected chi connectivity index (χ0v) is 17.4. The fourth-order valence-corrected chi connectivity index (χ4v) is 2.89. The summed E-state index contributed by atoms with van der Waals surface area (Å²) in [4.78, 5) is 36.9. The van der Waals surface area contributed by atoms with E-state index in [2.05, 4.69) is 5.32 Å². The maximum atomic E-state index is 12.7. The molecule has 0 aliphatic heterocycles. The van der Waals surface area contributed by atoms with Crippen LogP contribution in [0.3, 0.4) is 0 Å². The molecule has 0 saturated heterocycles. The number of ether oxygens (including phenoxy) is 2. The number of amides is 1. The Balaban J connectivity index is 2.12. The molecular weight excluding hydrogens is 370 g/mol.